The molecule has 8 nitrogen and oxygen atoms in total. The highest BCUT2D eigenvalue weighted by Gasteiger charge is 2.57. The summed E-state index contributed by atoms with van der Waals surface area (Å²) in [6, 6.07) is 1.53. The number of rotatable bonds is 11. The summed E-state index contributed by atoms with van der Waals surface area (Å²) in [6.45, 7) is 19.3. The molecule has 1 unspecified atom stereocenters. The summed E-state index contributed by atoms with van der Waals surface area (Å²) in [5.74, 6) is 2.60. The molecule has 0 spiro atoms. The van der Waals surface area contributed by atoms with Gasteiger partial charge in [0.05, 0.1) is 25.8 Å². The van der Waals surface area contributed by atoms with Crippen molar-refractivity contribution < 1.29 is 29.2 Å². The zero-order chi connectivity index (χ0) is 30.3. The first kappa shape index (κ1) is 30.0. The van der Waals surface area contributed by atoms with E-state index in [1.165, 1.54) is 0 Å². The van der Waals surface area contributed by atoms with Crippen molar-refractivity contribution in [2.75, 3.05) is 47.1 Å². The van der Waals surface area contributed by atoms with Gasteiger partial charge >= 0.3 is 0 Å². The van der Waals surface area contributed by atoms with E-state index in [4.69, 9.17) is 18.9 Å². The summed E-state index contributed by atoms with van der Waals surface area (Å²) < 4.78 is 24.6. The van der Waals surface area contributed by atoms with Gasteiger partial charge in [-0.2, -0.15) is 0 Å². The number of hydrogen-bond acceptors (Lipinski definition) is 8. The number of nitrogens with zero attached hydrogens (tertiary/aromatic N) is 2. The maximum atomic E-state index is 11.6. The molecule has 0 aliphatic carbocycles. The van der Waals surface area contributed by atoms with Gasteiger partial charge in [-0.15, -0.1) is 0 Å². The fourth-order valence-electron chi connectivity index (χ4n) is 7.85. The predicted octanol–water partition coefficient (Wildman–Crippen LogP) is 4.97. The molecule has 6 rings (SSSR count). The second-order valence-electron chi connectivity index (χ2n) is 11.9. The molecule has 0 saturated carbocycles. The third-order valence-electron chi connectivity index (χ3n) is 9.07. The number of phenols is 1. The van der Waals surface area contributed by atoms with Crippen LogP contribution in [0.1, 0.15) is 52.4 Å². The summed E-state index contributed by atoms with van der Waals surface area (Å²) in [5.41, 5.74) is 5.22. The fraction of sp³-hybridized carbons (Fsp3) is 0.471. The number of fused-ring (bicyclic) bond motifs is 2. The van der Waals surface area contributed by atoms with E-state index in [-0.39, 0.29) is 36.6 Å². The SMILES string of the molecule is C=CCOc1c(C)c(OCC=C)c(OCC=C)c2c1CC1[C@H]3c4c(cc(C)c(OC)c4O)C[C@@](C)(CN3C)N1[C@H]2CO. The van der Waals surface area contributed by atoms with E-state index < -0.39 is 6.04 Å². The monoisotopic (exact) mass is 576 g/mol. The standard InChI is InChI=1S/C34H44N2O6/c1-9-12-40-31-21(5)32(41-13-10-2)33(42-14-11-3)27-23(31)16-24-28-26-22(15-20(4)30(39-8)29(26)38)17-34(6,19-35(28)7)36(24)25(27)18-37/h9-11,15,24-25,28,37-38H,1-3,12-14,16-19H2,4-8H3/t24?,25-,28-,34-/m0/s1. The Bertz CT molecular complexity index is 1400. The summed E-state index contributed by atoms with van der Waals surface area (Å²) in [7, 11) is 3.72. The Hall–Kier alpha value is -3.46. The molecule has 4 aliphatic rings. The van der Waals surface area contributed by atoms with Crippen LogP contribution in [0.15, 0.2) is 44.0 Å². The molecule has 226 valence electrons. The van der Waals surface area contributed by atoms with Gasteiger partial charge in [0, 0.05) is 40.4 Å². The van der Waals surface area contributed by atoms with Crippen LogP contribution in [0.3, 0.4) is 0 Å². The number of aliphatic hydroxyl groups is 1. The fourth-order valence-corrected chi connectivity index (χ4v) is 7.85. The van der Waals surface area contributed by atoms with Crippen LogP contribution < -0.4 is 18.9 Å². The third kappa shape index (κ3) is 4.57. The van der Waals surface area contributed by atoms with Crippen LogP contribution in [0.2, 0.25) is 0 Å². The molecule has 0 amide bonds. The zero-order valence-electron chi connectivity index (χ0n) is 25.5. The minimum Gasteiger partial charge on any atom is -0.504 e. The number of aromatic hydroxyl groups is 1. The Morgan fingerprint density at radius 2 is 1.60 bits per heavy atom. The number of aliphatic hydroxyl groups excluding tert-OH is 1. The van der Waals surface area contributed by atoms with Gasteiger partial charge in [-0.25, -0.2) is 0 Å². The lowest BCUT2D eigenvalue weighted by Crippen LogP contribution is -2.67. The molecule has 4 heterocycles. The summed E-state index contributed by atoms with van der Waals surface area (Å²) >= 11 is 0. The topological polar surface area (TPSA) is 83.9 Å². The minimum atomic E-state index is -0.406. The highest BCUT2D eigenvalue weighted by molar-refractivity contribution is 5.66. The second-order valence-corrected chi connectivity index (χ2v) is 11.9. The Balaban J connectivity index is 1.80. The Morgan fingerprint density at radius 3 is 2.19 bits per heavy atom. The van der Waals surface area contributed by atoms with Crippen molar-refractivity contribution in [3.05, 3.63) is 77.4 Å². The van der Waals surface area contributed by atoms with E-state index in [0.717, 1.165) is 39.9 Å². The lowest BCUT2D eigenvalue weighted by Gasteiger charge is -2.59. The van der Waals surface area contributed by atoms with Crippen molar-refractivity contribution in [1.82, 2.24) is 9.80 Å². The number of hydrogen-bond donors (Lipinski definition) is 2. The lowest BCUT2D eigenvalue weighted by molar-refractivity contribution is -0.101. The van der Waals surface area contributed by atoms with Crippen LogP contribution >= 0.6 is 0 Å². The molecule has 8 heteroatoms. The molecule has 4 aliphatic heterocycles. The molecule has 1 saturated heterocycles. The van der Waals surface area contributed by atoms with Crippen LogP contribution in [0.25, 0.3) is 0 Å². The number of piperazine rings is 1. The van der Waals surface area contributed by atoms with E-state index in [1.54, 1.807) is 25.3 Å². The first-order chi connectivity index (χ1) is 20.2. The molecule has 0 radical (unpaired) electrons. The molecule has 42 heavy (non-hydrogen) atoms. The Morgan fingerprint density at radius 1 is 0.976 bits per heavy atom. The average molecular weight is 577 g/mol. The van der Waals surface area contributed by atoms with Gasteiger partial charge in [0.2, 0.25) is 0 Å². The van der Waals surface area contributed by atoms with Crippen molar-refractivity contribution in [3.63, 3.8) is 0 Å². The highest BCUT2D eigenvalue weighted by Crippen LogP contribution is 2.59. The van der Waals surface area contributed by atoms with Crippen LogP contribution in [0.4, 0.5) is 0 Å². The molecule has 1 fully saturated rings. The van der Waals surface area contributed by atoms with Gasteiger partial charge < -0.3 is 29.2 Å². The zero-order valence-corrected chi connectivity index (χ0v) is 25.5. The smallest absolute Gasteiger partial charge is 0.168 e. The van der Waals surface area contributed by atoms with Crippen LogP contribution in [-0.4, -0.2) is 78.7 Å². The Kier molecular flexibility index (Phi) is 8.34. The van der Waals surface area contributed by atoms with Crippen molar-refractivity contribution in [2.45, 2.75) is 57.3 Å². The van der Waals surface area contributed by atoms with Gasteiger partial charge in [0.15, 0.2) is 23.0 Å². The normalized spacial score (nSPS) is 24.6. The lowest BCUT2D eigenvalue weighted by atomic mass is 9.76. The van der Waals surface area contributed by atoms with Crippen molar-refractivity contribution in [2.24, 2.45) is 0 Å². The first-order valence-corrected chi connectivity index (χ1v) is 14.6. The number of ether oxygens (including phenoxy) is 4. The largest absolute Gasteiger partial charge is 0.504 e. The second kappa shape index (κ2) is 11.7. The van der Waals surface area contributed by atoms with Crippen LogP contribution in [0.5, 0.6) is 28.7 Å². The molecule has 0 aromatic heterocycles. The van der Waals surface area contributed by atoms with Gasteiger partial charge in [-0.05, 0) is 51.8 Å². The minimum absolute atomic E-state index is 0.0735. The third-order valence-corrected chi connectivity index (χ3v) is 9.07. The molecule has 2 aromatic rings. The molecule has 2 bridgehead atoms. The van der Waals surface area contributed by atoms with E-state index >= 15 is 0 Å². The predicted molar refractivity (Wildman–Crippen MR) is 164 cm³/mol. The van der Waals surface area contributed by atoms with Crippen LogP contribution in [0, 0.1) is 13.8 Å². The number of likely N-dealkylation sites (N-methyl/N-ethyl adjacent to an activating group) is 1. The summed E-state index contributed by atoms with van der Waals surface area (Å²) in [6.07, 6.45) is 6.45. The van der Waals surface area contributed by atoms with Crippen molar-refractivity contribution in [3.8, 4) is 28.7 Å². The van der Waals surface area contributed by atoms with E-state index in [1.807, 2.05) is 13.8 Å². The van der Waals surface area contributed by atoms with E-state index in [9.17, 15) is 10.2 Å². The number of phenolic OH excluding ortho intramolecular Hbond substituents is 1. The quantitative estimate of drug-likeness (QED) is 0.363. The van der Waals surface area contributed by atoms with E-state index in [2.05, 4.69) is 49.6 Å². The number of benzene rings is 2. The Labute approximate surface area is 249 Å². The highest BCUT2D eigenvalue weighted by atomic mass is 16.5. The average Bonchev–Trinajstić information content (AvgIpc) is 3.13. The molecule has 2 N–H and O–H groups in total. The summed E-state index contributed by atoms with van der Waals surface area (Å²) in [5, 5.41) is 22.9. The summed E-state index contributed by atoms with van der Waals surface area (Å²) in [4.78, 5) is 4.81. The molecule has 4 atom stereocenters. The maximum absolute atomic E-state index is 11.6. The number of aryl methyl sites for hydroxylation is 1. The van der Waals surface area contributed by atoms with Gasteiger partial charge in [0.1, 0.15) is 25.6 Å². The molecular weight excluding hydrogens is 532 g/mol. The number of methoxy groups -OCH3 is 1. The van der Waals surface area contributed by atoms with Crippen molar-refractivity contribution in [1.29, 1.82) is 0 Å². The van der Waals surface area contributed by atoms with Gasteiger partial charge in [-0.3, -0.25) is 9.80 Å². The van der Waals surface area contributed by atoms with Crippen molar-refractivity contribution >= 4 is 0 Å². The first-order valence-electron chi connectivity index (χ1n) is 14.6. The van der Waals surface area contributed by atoms with E-state index in [0.29, 0.717) is 49.1 Å². The van der Waals surface area contributed by atoms with Gasteiger partial charge in [0.25, 0.3) is 0 Å². The molecule has 2 aromatic carbocycles. The van der Waals surface area contributed by atoms with Crippen LogP contribution in [-0.2, 0) is 12.8 Å². The van der Waals surface area contributed by atoms with Gasteiger partial charge in [-0.1, -0.05) is 44.0 Å². The maximum Gasteiger partial charge on any atom is 0.168 e. The molecular formula is C34H44N2O6.